The third kappa shape index (κ3) is 2.81. The van der Waals surface area contributed by atoms with Gasteiger partial charge in [-0.2, -0.15) is 12.6 Å². The molecule has 0 aliphatic carbocycles. The first kappa shape index (κ1) is 10.1. The van der Waals surface area contributed by atoms with Crippen LogP contribution in [0.1, 0.15) is 0 Å². The number of hydrogen-bond acceptors (Lipinski definition) is 6. The van der Waals surface area contributed by atoms with E-state index in [0.29, 0.717) is 0 Å². The van der Waals surface area contributed by atoms with E-state index in [4.69, 9.17) is 0 Å². The average Bonchev–Trinajstić information content (AvgIpc) is 1.84. The molecule has 0 aliphatic heterocycles. The van der Waals surface area contributed by atoms with E-state index < -0.39 is 35.1 Å². The van der Waals surface area contributed by atoms with Gasteiger partial charge in [-0.15, -0.1) is 0 Å². The predicted molar refractivity (Wildman–Crippen MR) is 34.1 cm³/mol. The third-order valence-corrected chi connectivity index (χ3v) is 8.00. The molecule has 0 rings (SSSR count). The van der Waals surface area contributed by atoms with Gasteiger partial charge in [-0.3, -0.25) is 10.0 Å². The highest BCUT2D eigenvalue weighted by molar-refractivity contribution is 8.61. The maximum atomic E-state index is 10.1. The van der Waals surface area contributed by atoms with Crippen molar-refractivity contribution in [3.05, 3.63) is 0 Å². The lowest BCUT2D eigenvalue weighted by Crippen LogP contribution is -1.83. The summed E-state index contributed by atoms with van der Waals surface area (Å²) < 4.78 is 58.9. The van der Waals surface area contributed by atoms with Gasteiger partial charge in [0.1, 0.15) is 7.92 Å². The van der Waals surface area contributed by atoms with E-state index in [1.807, 2.05) is 0 Å². The van der Waals surface area contributed by atoms with Crippen molar-refractivity contribution in [1.82, 2.24) is 0 Å². The first-order valence-corrected chi connectivity index (χ1v) is 7.50. The lowest BCUT2D eigenvalue weighted by molar-refractivity contribution is 0.483. The molecular formula is O6S4-2. The van der Waals surface area contributed by atoms with Crippen molar-refractivity contribution >= 4 is 35.1 Å². The van der Waals surface area contributed by atoms with Crippen LogP contribution in [0.4, 0.5) is 0 Å². The zero-order valence-electron chi connectivity index (χ0n) is 4.08. The lowest BCUT2D eigenvalue weighted by atomic mass is 15.9. The van der Waals surface area contributed by atoms with Gasteiger partial charge in [0, 0.05) is 0 Å². The van der Waals surface area contributed by atoms with Gasteiger partial charge in [-0.1, -0.05) is 0 Å². The second-order valence-electron chi connectivity index (χ2n) is 0.816. The van der Waals surface area contributed by atoms with E-state index in [2.05, 4.69) is 0 Å². The Bertz CT molecular complexity index is 456. The molecule has 0 atom stereocenters. The summed E-state index contributed by atoms with van der Waals surface area (Å²) in [5.74, 6) is 0. The molecule has 0 aromatic heterocycles. The van der Waals surface area contributed by atoms with Crippen LogP contribution in [0.5, 0.6) is 0 Å². The third-order valence-electron chi connectivity index (χ3n) is 0.333. The Kier molecular flexibility index (Phi) is 4.15. The second kappa shape index (κ2) is 4.10. The molecule has 0 aromatic carbocycles. The fraction of sp³-hybridized carbons (Fsp3) is 0. The minimum absolute atomic E-state index is 2.87. The first-order chi connectivity index (χ1) is 4.46. The normalized spacial score (nSPS) is 9.50. The number of rotatable bonds is 0. The molecule has 6 nitrogen and oxygen atoms in total. The van der Waals surface area contributed by atoms with Crippen LogP contribution in [-0.2, 0) is 35.1 Å². The minimum Gasteiger partial charge on any atom is -0.805 e. The molecule has 0 aromatic rings. The summed E-state index contributed by atoms with van der Waals surface area (Å²) in [6.07, 6.45) is 0. The largest absolute Gasteiger partial charge is 0.805 e. The standard InChI is InChI=1S/O6S4/c1-7(2)9(5)10(6)8(3)4/q-2. The summed E-state index contributed by atoms with van der Waals surface area (Å²) in [5.41, 5.74) is 0. The van der Waals surface area contributed by atoms with Crippen LogP contribution in [-0.4, -0.2) is 25.9 Å². The molecule has 10 heteroatoms. The Morgan fingerprint density at radius 3 is 1.30 bits per heavy atom. The van der Waals surface area contributed by atoms with Crippen molar-refractivity contribution in [2.75, 3.05) is 0 Å². The summed E-state index contributed by atoms with van der Waals surface area (Å²) in [4.78, 5) is 0. The van der Waals surface area contributed by atoms with Crippen molar-refractivity contribution in [3.63, 3.8) is 0 Å². The summed E-state index contributed by atoms with van der Waals surface area (Å²) in [6.45, 7) is 0. The van der Waals surface area contributed by atoms with Crippen LogP contribution in [0.2, 0.25) is 0 Å². The van der Waals surface area contributed by atoms with E-state index in [9.17, 15) is 25.9 Å². The molecule has 0 spiro atoms. The molecule has 10 heavy (non-hydrogen) atoms. The van der Waals surface area contributed by atoms with Gasteiger partial charge in [0.25, 0.3) is 0 Å². The van der Waals surface area contributed by atoms with Crippen molar-refractivity contribution in [1.29, 1.82) is 0 Å². The predicted octanol–water partition coefficient (Wildman–Crippen LogP) is -2.01. The molecule has 0 aliphatic rings. The highest BCUT2D eigenvalue weighted by atomic mass is 33.3. The van der Waals surface area contributed by atoms with Gasteiger partial charge in [-0.05, 0) is 0 Å². The molecule has 0 N–H and O–H groups in total. The molecular weight excluding hydrogens is 224 g/mol. The second-order valence-corrected chi connectivity index (χ2v) is 8.98. The van der Waals surface area contributed by atoms with Crippen molar-refractivity contribution in [2.45, 2.75) is 0 Å². The first-order valence-electron chi connectivity index (χ1n) is 1.50. The van der Waals surface area contributed by atoms with Crippen molar-refractivity contribution < 1.29 is 25.9 Å². The van der Waals surface area contributed by atoms with Gasteiger partial charge in [0.2, 0.25) is 7.92 Å². The van der Waals surface area contributed by atoms with Crippen LogP contribution in [0.15, 0.2) is 0 Å². The molecule has 0 unspecified atom stereocenters. The van der Waals surface area contributed by atoms with Gasteiger partial charge in [-0.25, -0.2) is 4.21 Å². The molecule has 0 heterocycles. The molecule has 0 saturated carbocycles. The fourth-order valence-corrected chi connectivity index (χ4v) is 4.90. The Morgan fingerprint density at radius 2 is 1.20 bits per heavy atom. The molecule has 0 saturated heterocycles. The summed E-state index contributed by atoms with van der Waals surface area (Å²) >= 11 is 0. The molecule has 0 radical (unpaired) electrons. The van der Waals surface area contributed by atoms with Crippen LogP contribution in [0, 0.1) is 0 Å². The molecule has 0 bridgehead atoms. The highest BCUT2D eigenvalue weighted by Crippen LogP contribution is 1.63. The van der Waals surface area contributed by atoms with Gasteiger partial charge >= 0.3 is 9.26 Å². The highest BCUT2D eigenvalue weighted by Gasteiger charge is 1.68. The van der Waals surface area contributed by atoms with Crippen LogP contribution in [0.3, 0.4) is 0 Å². The zero-order valence-corrected chi connectivity index (χ0v) is 7.35. The Balaban J connectivity index is 6.81. The molecule has 0 amide bonds. The Morgan fingerprint density at radius 1 is 0.800 bits per heavy atom. The lowest BCUT2D eigenvalue weighted by Gasteiger charge is -2.11. The zero-order chi connectivity index (χ0) is 8.31. The van der Waals surface area contributed by atoms with E-state index in [1.165, 1.54) is 0 Å². The van der Waals surface area contributed by atoms with Crippen LogP contribution in [0.25, 0.3) is 0 Å². The molecule has 0 fully saturated rings. The topological polar surface area (TPSA) is 114 Å². The van der Waals surface area contributed by atoms with Crippen molar-refractivity contribution in [2.24, 2.45) is 0 Å². The monoisotopic (exact) mass is 224 g/mol. The van der Waals surface area contributed by atoms with E-state index in [1.54, 1.807) is 0 Å². The Hall–Kier alpha value is 0.130. The quantitative estimate of drug-likeness (QED) is 0.469. The van der Waals surface area contributed by atoms with Crippen LogP contribution >= 0.6 is 0 Å². The van der Waals surface area contributed by atoms with E-state index in [0.717, 1.165) is 0 Å². The van der Waals surface area contributed by atoms with Crippen LogP contribution < -0.4 is 0 Å². The van der Waals surface area contributed by atoms with Crippen molar-refractivity contribution in [3.8, 4) is 0 Å². The maximum absolute atomic E-state index is 10.1. The maximum Gasteiger partial charge on any atom is 0.311 e. The van der Waals surface area contributed by atoms with Gasteiger partial charge in [0.15, 0.2) is 0 Å². The van der Waals surface area contributed by atoms with E-state index in [-0.39, 0.29) is 0 Å². The van der Waals surface area contributed by atoms with Gasteiger partial charge < -0.3 is 9.11 Å². The summed E-state index contributed by atoms with van der Waals surface area (Å²) in [6, 6.07) is 0. The summed E-state index contributed by atoms with van der Waals surface area (Å²) in [7, 11) is -12.0. The Labute approximate surface area is 61.2 Å². The van der Waals surface area contributed by atoms with E-state index >= 15 is 0 Å². The smallest absolute Gasteiger partial charge is 0.311 e. The number of hydrogen-bond donors (Lipinski definition) is 0. The SMILES string of the molecule is O=S(=O)=S(=O)=S(=O)=S([O-])[O-]. The molecule has 62 valence electrons. The summed E-state index contributed by atoms with van der Waals surface area (Å²) in [5, 5.41) is 0. The van der Waals surface area contributed by atoms with Gasteiger partial charge in [0.05, 0.1) is 0 Å². The fourth-order valence-electron chi connectivity index (χ4n) is 0.0907. The average molecular weight is 224 g/mol. The minimum atomic E-state index is -3.13.